The SMILES string of the molecule is CC(C)C1CCCN1S(=O)(=O)c1ccc(C#N)cc1N. The second-order valence-corrected chi connectivity index (χ2v) is 7.29. The highest BCUT2D eigenvalue weighted by Gasteiger charge is 2.37. The third-order valence-corrected chi connectivity index (χ3v) is 5.74. The van der Waals surface area contributed by atoms with Gasteiger partial charge in [0.1, 0.15) is 4.90 Å². The van der Waals surface area contributed by atoms with Crippen molar-refractivity contribution >= 4 is 15.7 Å². The minimum atomic E-state index is -3.59. The molecule has 1 aliphatic heterocycles. The van der Waals surface area contributed by atoms with Crippen LogP contribution in [0, 0.1) is 17.2 Å². The standard InChI is InChI=1S/C14H19N3O2S/c1-10(2)13-4-3-7-17(13)20(18,19)14-6-5-11(9-15)8-12(14)16/h5-6,8,10,13H,3-4,7,16H2,1-2H3. The summed E-state index contributed by atoms with van der Waals surface area (Å²) in [5.74, 6) is 0.270. The first-order valence-electron chi connectivity index (χ1n) is 6.69. The van der Waals surface area contributed by atoms with E-state index >= 15 is 0 Å². The van der Waals surface area contributed by atoms with Crippen molar-refractivity contribution in [3.8, 4) is 6.07 Å². The molecule has 5 nitrogen and oxygen atoms in total. The van der Waals surface area contributed by atoms with Gasteiger partial charge < -0.3 is 5.73 Å². The lowest BCUT2D eigenvalue weighted by Gasteiger charge is -2.27. The van der Waals surface area contributed by atoms with Gasteiger partial charge in [0, 0.05) is 12.6 Å². The summed E-state index contributed by atoms with van der Waals surface area (Å²) in [6, 6.07) is 6.31. The van der Waals surface area contributed by atoms with Gasteiger partial charge in [-0.3, -0.25) is 0 Å². The molecule has 1 heterocycles. The van der Waals surface area contributed by atoms with E-state index in [4.69, 9.17) is 11.0 Å². The zero-order valence-corrected chi connectivity index (χ0v) is 12.5. The van der Waals surface area contributed by atoms with Gasteiger partial charge in [-0.05, 0) is 37.0 Å². The van der Waals surface area contributed by atoms with Crippen molar-refractivity contribution in [2.75, 3.05) is 12.3 Å². The van der Waals surface area contributed by atoms with E-state index < -0.39 is 10.0 Å². The van der Waals surface area contributed by atoms with Gasteiger partial charge in [0.2, 0.25) is 10.0 Å². The Kier molecular flexibility index (Phi) is 4.02. The van der Waals surface area contributed by atoms with Gasteiger partial charge >= 0.3 is 0 Å². The van der Waals surface area contributed by atoms with Crippen molar-refractivity contribution in [2.45, 2.75) is 37.6 Å². The Morgan fingerprint density at radius 3 is 2.70 bits per heavy atom. The van der Waals surface area contributed by atoms with Crippen LogP contribution in [-0.2, 0) is 10.0 Å². The quantitative estimate of drug-likeness (QED) is 0.863. The first-order valence-corrected chi connectivity index (χ1v) is 8.13. The molecule has 108 valence electrons. The summed E-state index contributed by atoms with van der Waals surface area (Å²) in [5.41, 5.74) is 6.32. The number of anilines is 1. The molecule has 2 N–H and O–H groups in total. The Balaban J connectivity index is 2.43. The molecular formula is C14H19N3O2S. The molecule has 0 aliphatic carbocycles. The van der Waals surface area contributed by atoms with Crippen molar-refractivity contribution in [3.63, 3.8) is 0 Å². The number of benzene rings is 1. The number of nitriles is 1. The summed E-state index contributed by atoms with van der Waals surface area (Å²) in [6.07, 6.45) is 1.76. The van der Waals surface area contributed by atoms with Crippen molar-refractivity contribution < 1.29 is 8.42 Å². The topological polar surface area (TPSA) is 87.2 Å². The van der Waals surface area contributed by atoms with E-state index in [0.717, 1.165) is 12.8 Å². The van der Waals surface area contributed by atoms with Gasteiger partial charge in [-0.1, -0.05) is 13.8 Å². The number of nitrogens with two attached hydrogens (primary N) is 1. The third kappa shape index (κ3) is 2.51. The van der Waals surface area contributed by atoms with Crippen molar-refractivity contribution in [3.05, 3.63) is 23.8 Å². The molecular weight excluding hydrogens is 274 g/mol. The molecule has 0 bridgehead atoms. The normalized spacial score (nSPS) is 20.2. The van der Waals surface area contributed by atoms with Crippen LogP contribution in [-0.4, -0.2) is 25.3 Å². The highest BCUT2D eigenvalue weighted by Crippen LogP contribution is 2.32. The summed E-state index contributed by atoms with van der Waals surface area (Å²) < 4.78 is 27.0. The second kappa shape index (κ2) is 5.43. The van der Waals surface area contributed by atoms with Crippen LogP contribution in [0.5, 0.6) is 0 Å². The van der Waals surface area contributed by atoms with Crippen LogP contribution < -0.4 is 5.73 Å². The van der Waals surface area contributed by atoms with E-state index in [1.807, 2.05) is 19.9 Å². The van der Waals surface area contributed by atoms with E-state index in [-0.39, 0.29) is 22.5 Å². The minimum absolute atomic E-state index is 0.0232. The minimum Gasteiger partial charge on any atom is -0.398 e. The molecule has 1 saturated heterocycles. The summed E-state index contributed by atoms with van der Waals surface area (Å²) in [7, 11) is -3.59. The summed E-state index contributed by atoms with van der Waals surface area (Å²) >= 11 is 0. The molecule has 0 saturated carbocycles. The molecule has 2 rings (SSSR count). The smallest absolute Gasteiger partial charge is 0.245 e. The largest absolute Gasteiger partial charge is 0.398 e. The van der Waals surface area contributed by atoms with E-state index in [2.05, 4.69) is 0 Å². The number of hydrogen-bond acceptors (Lipinski definition) is 4. The maximum atomic E-state index is 12.7. The molecule has 1 aromatic carbocycles. The lowest BCUT2D eigenvalue weighted by molar-refractivity contribution is 0.316. The predicted molar refractivity (Wildman–Crippen MR) is 77.3 cm³/mol. The zero-order valence-electron chi connectivity index (χ0n) is 11.7. The number of sulfonamides is 1. The first-order chi connectivity index (χ1) is 9.37. The lowest BCUT2D eigenvalue weighted by atomic mass is 10.0. The molecule has 20 heavy (non-hydrogen) atoms. The van der Waals surface area contributed by atoms with Crippen LogP contribution in [0.4, 0.5) is 5.69 Å². The number of hydrogen-bond donors (Lipinski definition) is 1. The van der Waals surface area contributed by atoms with Gasteiger partial charge in [0.05, 0.1) is 17.3 Å². The van der Waals surface area contributed by atoms with Crippen molar-refractivity contribution in [1.29, 1.82) is 5.26 Å². The highest BCUT2D eigenvalue weighted by atomic mass is 32.2. The van der Waals surface area contributed by atoms with Crippen LogP contribution in [0.25, 0.3) is 0 Å². The van der Waals surface area contributed by atoms with Gasteiger partial charge in [-0.25, -0.2) is 8.42 Å². The van der Waals surface area contributed by atoms with Crippen molar-refractivity contribution in [1.82, 2.24) is 4.31 Å². The van der Waals surface area contributed by atoms with Crippen molar-refractivity contribution in [2.24, 2.45) is 5.92 Å². The fourth-order valence-corrected chi connectivity index (χ4v) is 4.63. The summed E-state index contributed by atoms with van der Waals surface area (Å²) in [6.45, 7) is 4.59. The molecule has 1 aromatic rings. The van der Waals surface area contributed by atoms with Crippen LogP contribution in [0.2, 0.25) is 0 Å². The Bertz CT molecular complexity index is 647. The predicted octanol–water partition coefficient (Wildman–Crippen LogP) is 1.95. The highest BCUT2D eigenvalue weighted by molar-refractivity contribution is 7.89. The van der Waals surface area contributed by atoms with E-state index in [9.17, 15) is 8.42 Å². The monoisotopic (exact) mass is 293 g/mol. The zero-order chi connectivity index (χ0) is 14.9. The van der Waals surface area contributed by atoms with Gasteiger partial charge in [-0.15, -0.1) is 0 Å². The average molecular weight is 293 g/mol. The molecule has 1 atom stereocenters. The maximum Gasteiger partial charge on any atom is 0.245 e. The molecule has 0 aromatic heterocycles. The Hall–Kier alpha value is -1.58. The number of nitrogen functional groups attached to an aromatic ring is 1. The van der Waals surface area contributed by atoms with E-state index in [1.165, 1.54) is 18.2 Å². The maximum absolute atomic E-state index is 12.7. The van der Waals surface area contributed by atoms with Gasteiger partial charge in [0.15, 0.2) is 0 Å². The summed E-state index contributed by atoms with van der Waals surface area (Å²) in [4.78, 5) is 0.101. The van der Waals surface area contributed by atoms with Crippen LogP contribution in [0.3, 0.4) is 0 Å². The Labute approximate surface area is 120 Å². The molecule has 0 radical (unpaired) electrons. The van der Waals surface area contributed by atoms with Gasteiger partial charge in [0.25, 0.3) is 0 Å². The van der Waals surface area contributed by atoms with Crippen LogP contribution in [0.1, 0.15) is 32.3 Å². The third-order valence-electron chi connectivity index (χ3n) is 3.74. The average Bonchev–Trinajstić information content (AvgIpc) is 2.88. The van der Waals surface area contributed by atoms with E-state index in [1.54, 1.807) is 4.31 Å². The first kappa shape index (κ1) is 14.8. The van der Waals surface area contributed by atoms with Crippen LogP contribution >= 0.6 is 0 Å². The molecule has 1 unspecified atom stereocenters. The Morgan fingerprint density at radius 1 is 1.45 bits per heavy atom. The molecule has 6 heteroatoms. The molecule has 1 aliphatic rings. The lowest BCUT2D eigenvalue weighted by Crippen LogP contribution is -2.38. The van der Waals surface area contributed by atoms with Gasteiger partial charge in [-0.2, -0.15) is 9.57 Å². The molecule has 0 amide bonds. The van der Waals surface area contributed by atoms with E-state index in [0.29, 0.717) is 12.1 Å². The number of nitrogens with zero attached hydrogens (tertiary/aromatic N) is 2. The van der Waals surface area contributed by atoms with Crippen LogP contribution in [0.15, 0.2) is 23.1 Å². The number of rotatable bonds is 3. The molecule has 1 fully saturated rings. The fourth-order valence-electron chi connectivity index (χ4n) is 2.71. The fraction of sp³-hybridized carbons (Fsp3) is 0.500. The second-order valence-electron chi connectivity index (χ2n) is 5.43. The Morgan fingerprint density at radius 2 is 2.15 bits per heavy atom. The molecule has 0 spiro atoms. The summed E-state index contributed by atoms with van der Waals surface area (Å²) in [5, 5.41) is 8.82.